The lowest BCUT2D eigenvalue weighted by Gasteiger charge is -2.54. The average molecular weight is 896 g/mol. The monoisotopic (exact) mass is 896 g/mol. The van der Waals surface area contributed by atoms with Crippen LogP contribution in [0.2, 0.25) is 19.6 Å². The Morgan fingerprint density at radius 1 is 0.552 bits per heavy atom. The first kappa shape index (κ1) is 42.1. The molecule has 4 aliphatic heterocycles. The maximum absolute atomic E-state index is 2.98. The Hall–Kier alpha value is -5.00. The van der Waals surface area contributed by atoms with Crippen molar-refractivity contribution in [1.82, 2.24) is 4.57 Å². The Bertz CT molecular complexity index is 3290. The molecular formula is C62H70BN3Si. The molecular weight excluding hydrogens is 826 g/mol. The number of aromatic nitrogens is 1. The van der Waals surface area contributed by atoms with E-state index in [0.717, 1.165) is 12.8 Å². The van der Waals surface area contributed by atoms with Gasteiger partial charge >= 0.3 is 0 Å². The van der Waals surface area contributed by atoms with Crippen molar-refractivity contribution in [1.29, 1.82) is 0 Å². The molecule has 7 aromatic rings. The molecule has 340 valence electrons. The molecule has 5 heterocycles. The standard InChI is InChI=1S/C62H70BN3Si/c1-57(2,3)40-26-27-50-44(32-40)45-33-41(58(4,5)6)34-48-55(45)64(50)52-35-42(65-51-25-17-16-24-46(51)62(39-22-14-13-15-23-39)31-21-20-30-61(62,65)9)36-53-54(52)63(48)49-38-43(67(10,11)12)37-47-56(49)66(53)60(8)29-19-18-28-59(47,60)7/h13-17,22-27,32-38H,18-21,28-31H2,1-12H3. The van der Waals surface area contributed by atoms with Gasteiger partial charge in [-0.2, -0.15) is 0 Å². The van der Waals surface area contributed by atoms with Crippen molar-refractivity contribution >= 4 is 80.9 Å². The number of hydrogen-bond donors (Lipinski definition) is 0. The Balaban J connectivity index is 1.21. The van der Waals surface area contributed by atoms with E-state index in [-0.39, 0.29) is 39.5 Å². The van der Waals surface area contributed by atoms with Crippen molar-refractivity contribution in [3.8, 4) is 5.69 Å². The third kappa shape index (κ3) is 5.15. The van der Waals surface area contributed by atoms with Crippen LogP contribution in [0.25, 0.3) is 27.5 Å². The fourth-order valence-corrected chi connectivity index (χ4v) is 16.6. The number of nitrogens with zero attached hydrogens (tertiary/aromatic N) is 3. The molecule has 4 unspecified atom stereocenters. The number of anilines is 4. The van der Waals surface area contributed by atoms with Gasteiger partial charge in [0.15, 0.2) is 0 Å². The summed E-state index contributed by atoms with van der Waals surface area (Å²) in [7, 11) is -1.74. The first-order chi connectivity index (χ1) is 31.7. The minimum Gasteiger partial charge on any atom is -0.335 e. The predicted molar refractivity (Wildman–Crippen MR) is 291 cm³/mol. The Kier molecular flexibility index (Phi) is 8.30. The summed E-state index contributed by atoms with van der Waals surface area (Å²) in [4.78, 5) is 5.86. The normalized spacial score (nSPS) is 25.9. The minimum absolute atomic E-state index is 0.0176. The molecule has 6 aliphatic rings. The van der Waals surface area contributed by atoms with Gasteiger partial charge in [-0.15, -0.1) is 0 Å². The van der Waals surface area contributed by atoms with Gasteiger partial charge in [0.25, 0.3) is 6.71 Å². The van der Waals surface area contributed by atoms with Gasteiger partial charge in [0, 0.05) is 55.6 Å². The van der Waals surface area contributed by atoms with Crippen molar-refractivity contribution in [3.63, 3.8) is 0 Å². The van der Waals surface area contributed by atoms with Gasteiger partial charge in [-0.05, 0) is 131 Å². The zero-order valence-electron chi connectivity index (χ0n) is 42.5. The quantitative estimate of drug-likeness (QED) is 0.164. The van der Waals surface area contributed by atoms with Gasteiger partial charge in [-0.1, -0.05) is 172 Å². The van der Waals surface area contributed by atoms with Crippen LogP contribution < -0.4 is 31.4 Å². The van der Waals surface area contributed by atoms with Crippen LogP contribution in [0.15, 0.2) is 109 Å². The molecule has 0 radical (unpaired) electrons. The van der Waals surface area contributed by atoms with Crippen LogP contribution in [0.3, 0.4) is 0 Å². The number of benzene rings is 6. The van der Waals surface area contributed by atoms with Crippen LogP contribution in [0.4, 0.5) is 22.7 Å². The van der Waals surface area contributed by atoms with Crippen LogP contribution in [0, 0.1) is 0 Å². The summed E-state index contributed by atoms with van der Waals surface area (Å²) in [5.41, 5.74) is 21.5. The van der Waals surface area contributed by atoms with Crippen molar-refractivity contribution in [2.24, 2.45) is 0 Å². The van der Waals surface area contributed by atoms with E-state index in [1.807, 2.05) is 0 Å². The first-order valence-electron chi connectivity index (χ1n) is 26.0. The zero-order chi connectivity index (χ0) is 46.6. The summed E-state index contributed by atoms with van der Waals surface area (Å²) < 4.78 is 2.76. The van der Waals surface area contributed by atoms with E-state index < -0.39 is 8.07 Å². The van der Waals surface area contributed by atoms with Crippen molar-refractivity contribution in [2.45, 2.75) is 166 Å². The third-order valence-corrected chi connectivity index (χ3v) is 21.3. The molecule has 6 aromatic carbocycles. The highest BCUT2D eigenvalue weighted by atomic mass is 28.3. The summed E-state index contributed by atoms with van der Waals surface area (Å²) >= 11 is 0. The van der Waals surface area contributed by atoms with Crippen LogP contribution >= 0.6 is 0 Å². The summed E-state index contributed by atoms with van der Waals surface area (Å²) in [6, 6.07) is 44.8. The number of fused-ring (bicyclic) bond motifs is 13. The van der Waals surface area contributed by atoms with E-state index in [0.29, 0.717) is 0 Å². The number of rotatable bonds is 3. The number of hydrogen-bond acceptors (Lipinski definition) is 2. The lowest BCUT2D eigenvalue weighted by atomic mass is 9.33. The molecule has 0 N–H and O–H groups in total. The fourth-order valence-electron chi connectivity index (χ4n) is 15.4. The molecule has 1 aromatic heterocycles. The average Bonchev–Trinajstić information content (AvgIpc) is 3.83. The number of para-hydroxylation sites is 1. The van der Waals surface area contributed by atoms with Gasteiger partial charge in [0.05, 0.1) is 24.7 Å². The largest absolute Gasteiger partial charge is 0.335 e. The highest BCUT2D eigenvalue weighted by Crippen LogP contribution is 2.65. The van der Waals surface area contributed by atoms with E-state index >= 15 is 0 Å². The maximum Gasteiger partial charge on any atom is 0.252 e. The second kappa shape index (κ2) is 13.2. The molecule has 0 spiro atoms. The summed E-state index contributed by atoms with van der Waals surface area (Å²) in [5.74, 6) is 0. The van der Waals surface area contributed by atoms with E-state index in [4.69, 9.17) is 0 Å². The maximum atomic E-state index is 2.98. The molecule has 2 saturated carbocycles. The Morgan fingerprint density at radius 3 is 1.94 bits per heavy atom. The van der Waals surface area contributed by atoms with Crippen LogP contribution in [0.1, 0.15) is 141 Å². The molecule has 4 atom stereocenters. The van der Waals surface area contributed by atoms with E-state index in [1.165, 1.54) is 122 Å². The van der Waals surface area contributed by atoms with Gasteiger partial charge in [-0.25, -0.2) is 0 Å². The second-order valence-corrected chi connectivity index (χ2v) is 30.9. The van der Waals surface area contributed by atoms with E-state index in [1.54, 1.807) is 16.2 Å². The second-order valence-electron chi connectivity index (χ2n) is 25.8. The van der Waals surface area contributed by atoms with Gasteiger partial charge in [0.1, 0.15) is 0 Å². The van der Waals surface area contributed by atoms with Gasteiger partial charge in [-0.3, -0.25) is 0 Å². The van der Waals surface area contributed by atoms with Crippen LogP contribution in [0.5, 0.6) is 0 Å². The van der Waals surface area contributed by atoms with Gasteiger partial charge < -0.3 is 14.4 Å². The van der Waals surface area contributed by atoms with Crippen molar-refractivity contribution < 1.29 is 0 Å². The molecule has 0 saturated heterocycles. The van der Waals surface area contributed by atoms with Gasteiger partial charge in [0.2, 0.25) is 0 Å². The zero-order valence-corrected chi connectivity index (χ0v) is 43.5. The molecule has 2 aliphatic carbocycles. The van der Waals surface area contributed by atoms with E-state index in [9.17, 15) is 0 Å². The molecule has 5 heteroatoms. The molecule has 2 fully saturated rings. The predicted octanol–water partition coefficient (Wildman–Crippen LogP) is 13.6. The Morgan fingerprint density at radius 2 is 1.21 bits per heavy atom. The summed E-state index contributed by atoms with van der Waals surface area (Å²) in [5, 5.41) is 4.40. The summed E-state index contributed by atoms with van der Waals surface area (Å²) in [6.07, 6.45) is 9.76. The minimum atomic E-state index is -1.74. The fraction of sp³-hybridized carbons (Fsp3) is 0.419. The highest BCUT2D eigenvalue weighted by Gasteiger charge is 2.64. The van der Waals surface area contributed by atoms with E-state index in [2.05, 4.69) is 206 Å². The molecule has 0 bridgehead atoms. The van der Waals surface area contributed by atoms with Crippen molar-refractivity contribution in [2.75, 3.05) is 9.80 Å². The SMILES string of the molecule is CC(C)(C)c1ccc2c(c1)c1cc(C(C)(C)C)cc3c1n2-c1cc(N2c4ccccc4C4(c5ccccc5)CCCCC24C)cc2c1B3c1cc([Si](C)(C)C)cc3c1N2C1(C)CCCCC31C. The molecule has 13 rings (SSSR count). The molecule has 0 amide bonds. The lowest BCUT2D eigenvalue weighted by Crippen LogP contribution is -2.64. The topological polar surface area (TPSA) is 11.4 Å². The smallest absolute Gasteiger partial charge is 0.252 e. The molecule has 3 nitrogen and oxygen atoms in total. The molecule has 67 heavy (non-hydrogen) atoms. The third-order valence-electron chi connectivity index (χ3n) is 19.2. The van der Waals surface area contributed by atoms with Crippen LogP contribution in [-0.2, 0) is 21.7 Å². The first-order valence-corrected chi connectivity index (χ1v) is 29.5. The van der Waals surface area contributed by atoms with Crippen molar-refractivity contribution in [3.05, 3.63) is 137 Å². The highest BCUT2D eigenvalue weighted by molar-refractivity contribution is 7.01. The van der Waals surface area contributed by atoms with Crippen LogP contribution in [-0.4, -0.2) is 30.4 Å². The lowest BCUT2D eigenvalue weighted by molar-refractivity contribution is 0.195. The summed E-state index contributed by atoms with van der Waals surface area (Å²) in [6.45, 7) is 30.2. The Labute approximate surface area is 402 Å².